The van der Waals surface area contributed by atoms with Crippen molar-refractivity contribution in [3.63, 3.8) is 0 Å². The van der Waals surface area contributed by atoms with E-state index >= 15 is 0 Å². The first-order chi connectivity index (χ1) is 14.4. The summed E-state index contributed by atoms with van der Waals surface area (Å²) >= 11 is 0. The van der Waals surface area contributed by atoms with Crippen LogP contribution in [0.2, 0.25) is 0 Å². The molecule has 0 unspecified atom stereocenters. The summed E-state index contributed by atoms with van der Waals surface area (Å²) in [6.45, 7) is 3.63. The predicted molar refractivity (Wildman–Crippen MR) is 110 cm³/mol. The van der Waals surface area contributed by atoms with Crippen LogP contribution in [-0.2, 0) is 14.4 Å². The first-order valence-corrected chi connectivity index (χ1v) is 9.45. The number of rotatable bonds is 8. The molecule has 0 aromatic heterocycles. The quantitative estimate of drug-likeness (QED) is 0.512. The van der Waals surface area contributed by atoms with Gasteiger partial charge >= 0.3 is 5.97 Å². The summed E-state index contributed by atoms with van der Waals surface area (Å²) in [7, 11) is 0. The number of hydrazine groups is 1. The minimum Gasteiger partial charge on any atom is -0.493 e. The highest BCUT2D eigenvalue weighted by Gasteiger charge is 2.34. The average Bonchev–Trinajstić information content (AvgIpc) is 3.01. The van der Waals surface area contributed by atoms with Gasteiger partial charge in [0, 0.05) is 11.1 Å². The Morgan fingerprint density at radius 3 is 2.53 bits per heavy atom. The van der Waals surface area contributed by atoms with Gasteiger partial charge in [0.25, 0.3) is 11.8 Å². The molecule has 3 rings (SSSR count). The molecule has 1 aliphatic heterocycles. The van der Waals surface area contributed by atoms with Crippen molar-refractivity contribution in [1.29, 1.82) is 0 Å². The number of hydrogen-bond donors (Lipinski definition) is 2. The van der Waals surface area contributed by atoms with Crippen LogP contribution < -0.4 is 19.9 Å². The molecule has 1 saturated heterocycles. The van der Waals surface area contributed by atoms with E-state index in [-0.39, 0.29) is 11.3 Å². The van der Waals surface area contributed by atoms with E-state index in [1.54, 1.807) is 49.4 Å². The van der Waals surface area contributed by atoms with E-state index < -0.39 is 24.4 Å². The Morgan fingerprint density at radius 2 is 1.87 bits per heavy atom. The number of amides is 2. The first-order valence-electron chi connectivity index (χ1n) is 9.45. The van der Waals surface area contributed by atoms with Gasteiger partial charge in [-0.2, -0.15) is 0 Å². The predicted octanol–water partition coefficient (Wildman–Crippen LogP) is 2.71. The zero-order valence-corrected chi connectivity index (χ0v) is 16.7. The van der Waals surface area contributed by atoms with Gasteiger partial charge < -0.3 is 14.6 Å². The molecule has 8 nitrogen and oxygen atoms in total. The molecule has 2 amide bonds. The van der Waals surface area contributed by atoms with Crippen LogP contribution in [0, 0.1) is 6.92 Å². The zero-order chi connectivity index (χ0) is 21.7. The molecule has 0 radical (unpaired) electrons. The maximum Gasteiger partial charge on any atom is 0.341 e. The lowest BCUT2D eigenvalue weighted by Gasteiger charge is -2.15. The largest absolute Gasteiger partial charge is 0.493 e. The minimum atomic E-state index is -1.14. The molecule has 0 aliphatic carbocycles. The lowest BCUT2D eigenvalue weighted by Crippen LogP contribution is -2.35. The highest BCUT2D eigenvalue weighted by Crippen LogP contribution is 2.34. The smallest absolute Gasteiger partial charge is 0.341 e. The van der Waals surface area contributed by atoms with Crippen LogP contribution in [0.15, 0.2) is 48.0 Å². The number of carbonyl (C=O) groups is 3. The van der Waals surface area contributed by atoms with E-state index in [4.69, 9.17) is 14.6 Å². The molecule has 2 aromatic rings. The number of ether oxygens (including phenoxy) is 2. The fraction of sp³-hybridized carbons (Fsp3) is 0.227. The van der Waals surface area contributed by atoms with Gasteiger partial charge in [0.15, 0.2) is 6.61 Å². The van der Waals surface area contributed by atoms with Crippen molar-refractivity contribution in [2.24, 2.45) is 0 Å². The lowest BCUT2D eigenvalue weighted by atomic mass is 10.0. The second-order valence-electron chi connectivity index (χ2n) is 6.61. The number of nitrogens with one attached hydrogen (secondary N) is 1. The van der Waals surface area contributed by atoms with E-state index in [0.717, 1.165) is 11.4 Å². The topological polar surface area (TPSA) is 105 Å². The van der Waals surface area contributed by atoms with Crippen LogP contribution in [0.4, 0.5) is 5.69 Å². The minimum absolute atomic E-state index is 0.0827. The van der Waals surface area contributed by atoms with Crippen molar-refractivity contribution in [2.45, 2.75) is 20.3 Å². The van der Waals surface area contributed by atoms with Gasteiger partial charge in [-0.1, -0.05) is 25.1 Å². The standard InChI is InChI=1S/C22H22N2O6/c1-3-11-29-18-10-9-15(20(14(18)2)30-13-19(25)26)12-17-21(27)23-24(22(17)28)16-7-5-4-6-8-16/h4-10,12H,3,11,13H2,1-2H3,(H,23,27)(H,25,26)/b17-12+. The third-order valence-corrected chi connectivity index (χ3v) is 4.39. The summed E-state index contributed by atoms with van der Waals surface area (Å²) in [6, 6.07) is 12.1. The summed E-state index contributed by atoms with van der Waals surface area (Å²) < 4.78 is 11.1. The fourth-order valence-corrected chi connectivity index (χ4v) is 2.97. The number of carboxylic acid groups (broad SMARTS) is 1. The molecule has 2 aromatic carbocycles. The number of carboxylic acids is 1. The van der Waals surface area contributed by atoms with E-state index in [9.17, 15) is 14.4 Å². The van der Waals surface area contributed by atoms with Crippen molar-refractivity contribution < 1.29 is 29.0 Å². The Bertz CT molecular complexity index is 1000. The second kappa shape index (κ2) is 9.13. The molecule has 156 valence electrons. The number of anilines is 1. The van der Waals surface area contributed by atoms with Gasteiger partial charge in [0.05, 0.1) is 12.3 Å². The Hall–Kier alpha value is -3.81. The van der Waals surface area contributed by atoms with Crippen LogP contribution in [0.3, 0.4) is 0 Å². The van der Waals surface area contributed by atoms with E-state index in [1.807, 2.05) is 6.92 Å². The summed E-state index contributed by atoms with van der Waals surface area (Å²) in [5.41, 5.74) is 3.97. The maximum atomic E-state index is 12.8. The second-order valence-corrected chi connectivity index (χ2v) is 6.61. The number of hydrogen-bond acceptors (Lipinski definition) is 5. The van der Waals surface area contributed by atoms with Gasteiger partial charge in [-0.25, -0.2) is 9.80 Å². The van der Waals surface area contributed by atoms with E-state index in [2.05, 4.69) is 5.43 Å². The van der Waals surface area contributed by atoms with Crippen LogP contribution in [0.5, 0.6) is 11.5 Å². The summed E-state index contributed by atoms with van der Waals surface area (Å²) in [6.07, 6.45) is 2.20. The molecule has 0 saturated carbocycles. The van der Waals surface area contributed by atoms with Crippen molar-refractivity contribution in [3.8, 4) is 11.5 Å². The molecule has 2 N–H and O–H groups in total. The Labute approximate surface area is 173 Å². The van der Waals surface area contributed by atoms with Crippen molar-refractivity contribution in [3.05, 3.63) is 59.2 Å². The van der Waals surface area contributed by atoms with Gasteiger partial charge in [-0.05, 0) is 43.7 Å². The van der Waals surface area contributed by atoms with E-state index in [0.29, 0.717) is 29.2 Å². The number of nitrogens with zero attached hydrogens (tertiary/aromatic N) is 1. The summed E-state index contributed by atoms with van der Waals surface area (Å²) in [4.78, 5) is 36.3. The van der Waals surface area contributed by atoms with Gasteiger partial charge in [-0.3, -0.25) is 15.0 Å². The maximum absolute atomic E-state index is 12.8. The fourth-order valence-electron chi connectivity index (χ4n) is 2.97. The third kappa shape index (κ3) is 4.43. The summed E-state index contributed by atoms with van der Waals surface area (Å²) in [5, 5.41) is 10.2. The summed E-state index contributed by atoms with van der Waals surface area (Å²) in [5.74, 6) is -1.42. The van der Waals surface area contributed by atoms with Crippen LogP contribution in [-0.4, -0.2) is 36.1 Å². The first kappa shape index (κ1) is 20.9. The Morgan fingerprint density at radius 1 is 1.13 bits per heavy atom. The van der Waals surface area contributed by atoms with Crippen LogP contribution >= 0.6 is 0 Å². The van der Waals surface area contributed by atoms with Gasteiger partial charge in [-0.15, -0.1) is 0 Å². The van der Waals surface area contributed by atoms with Gasteiger partial charge in [0.1, 0.15) is 17.1 Å². The van der Waals surface area contributed by atoms with Crippen LogP contribution in [0.25, 0.3) is 6.08 Å². The normalized spacial score (nSPS) is 14.7. The highest BCUT2D eigenvalue weighted by atomic mass is 16.5. The number of carbonyl (C=O) groups excluding carboxylic acids is 2. The zero-order valence-electron chi connectivity index (χ0n) is 16.7. The van der Waals surface area contributed by atoms with Crippen molar-refractivity contribution in [2.75, 3.05) is 18.2 Å². The number of aliphatic carboxylic acids is 1. The van der Waals surface area contributed by atoms with Crippen molar-refractivity contribution in [1.82, 2.24) is 5.43 Å². The number of benzene rings is 2. The molecule has 0 spiro atoms. The van der Waals surface area contributed by atoms with E-state index in [1.165, 1.54) is 6.08 Å². The molecule has 0 atom stereocenters. The molecule has 0 bridgehead atoms. The Kier molecular flexibility index (Phi) is 6.36. The van der Waals surface area contributed by atoms with Crippen LogP contribution in [0.1, 0.15) is 24.5 Å². The third-order valence-electron chi connectivity index (χ3n) is 4.39. The lowest BCUT2D eigenvalue weighted by molar-refractivity contribution is -0.139. The SMILES string of the molecule is CCCOc1ccc(/C=C2\C(=O)NN(c3ccccc3)C2=O)c(OCC(=O)O)c1C. The molecular weight excluding hydrogens is 388 g/mol. The Balaban J connectivity index is 1.98. The monoisotopic (exact) mass is 410 g/mol. The number of para-hydroxylation sites is 1. The molecule has 8 heteroatoms. The van der Waals surface area contributed by atoms with Crippen molar-refractivity contribution >= 4 is 29.5 Å². The molecule has 1 aliphatic rings. The average molecular weight is 410 g/mol. The highest BCUT2D eigenvalue weighted by molar-refractivity contribution is 6.31. The molecular formula is C22H22N2O6. The van der Waals surface area contributed by atoms with Gasteiger partial charge in [0.2, 0.25) is 0 Å². The molecule has 1 heterocycles. The molecule has 30 heavy (non-hydrogen) atoms. The molecule has 1 fully saturated rings.